The van der Waals surface area contributed by atoms with Crippen molar-refractivity contribution >= 4 is 27.3 Å². The number of hydrogen-bond acceptors (Lipinski definition) is 6. The molecule has 9 heteroatoms. The number of hydrogen-bond donors (Lipinski definition) is 1. The summed E-state index contributed by atoms with van der Waals surface area (Å²) in [5, 5.41) is 3.01. The van der Waals surface area contributed by atoms with Gasteiger partial charge >= 0.3 is 0 Å². The molecule has 2 aliphatic heterocycles. The van der Waals surface area contributed by atoms with Gasteiger partial charge in [0.2, 0.25) is 0 Å². The standard InChI is InChI=1S/C24H33N3O4S2/c1-19-5-2-3-13-26(19)14-4-12-25-24(28)21-8-6-20(7-9-21)22-10-11-23(32-22)33(29,30)27-15-17-31-18-16-27/h6-11,19H,2-5,12-18H2,1H3,(H,25,28)/t19-/m0/s1. The summed E-state index contributed by atoms with van der Waals surface area (Å²) in [5.74, 6) is -0.0741. The van der Waals surface area contributed by atoms with Crippen molar-refractivity contribution in [2.75, 3.05) is 45.9 Å². The predicted octanol–water partition coefficient (Wildman–Crippen LogP) is 3.43. The summed E-state index contributed by atoms with van der Waals surface area (Å²) in [6, 6.07) is 11.5. The molecular formula is C24H33N3O4S2. The lowest BCUT2D eigenvalue weighted by Gasteiger charge is -2.33. The Morgan fingerprint density at radius 3 is 2.58 bits per heavy atom. The van der Waals surface area contributed by atoms with E-state index in [0.29, 0.717) is 48.7 Å². The molecule has 0 radical (unpaired) electrons. The molecule has 1 aromatic carbocycles. The van der Waals surface area contributed by atoms with Crippen molar-refractivity contribution < 1.29 is 17.9 Å². The van der Waals surface area contributed by atoms with Crippen LogP contribution in [0.15, 0.2) is 40.6 Å². The quantitative estimate of drug-likeness (QED) is 0.573. The predicted molar refractivity (Wildman–Crippen MR) is 131 cm³/mol. The average molecular weight is 492 g/mol. The molecule has 1 atom stereocenters. The highest BCUT2D eigenvalue weighted by molar-refractivity contribution is 7.91. The van der Waals surface area contributed by atoms with Gasteiger partial charge in [-0.05, 0) is 62.6 Å². The van der Waals surface area contributed by atoms with Gasteiger partial charge in [-0.2, -0.15) is 4.31 Å². The lowest BCUT2D eigenvalue weighted by Crippen LogP contribution is -2.40. The molecule has 2 saturated heterocycles. The summed E-state index contributed by atoms with van der Waals surface area (Å²) in [4.78, 5) is 15.9. The maximum absolute atomic E-state index is 12.8. The number of rotatable bonds is 8. The Hall–Kier alpha value is -1.78. The van der Waals surface area contributed by atoms with Crippen molar-refractivity contribution in [3.63, 3.8) is 0 Å². The number of amides is 1. The van der Waals surface area contributed by atoms with Crippen LogP contribution in [0, 0.1) is 0 Å². The van der Waals surface area contributed by atoms with Gasteiger partial charge < -0.3 is 15.0 Å². The minimum Gasteiger partial charge on any atom is -0.379 e. The molecule has 1 amide bonds. The number of nitrogens with one attached hydrogen (secondary N) is 1. The maximum Gasteiger partial charge on any atom is 0.252 e. The summed E-state index contributed by atoms with van der Waals surface area (Å²) in [6.45, 7) is 6.76. The van der Waals surface area contributed by atoms with Gasteiger partial charge in [-0.25, -0.2) is 8.42 Å². The third-order valence-electron chi connectivity index (χ3n) is 6.43. The SMILES string of the molecule is C[C@H]1CCCCN1CCCNC(=O)c1ccc(-c2ccc(S(=O)(=O)N3CCOCC3)s2)cc1. The molecule has 2 aliphatic rings. The van der Waals surface area contributed by atoms with Crippen molar-refractivity contribution in [2.24, 2.45) is 0 Å². The van der Waals surface area contributed by atoms with E-state index in [2.05, 4.69) is 17.1 Å². The second-order valence-corrected chi connectivity index (χ2v) is 12.0. The van der Waals surface area contributed by atoms with E-state index in [1.807, 2.05) is 18.2 Å². The second kappa shape index (κ2) is 11.1. The van der Waals surface area contributed by atoms with Gasteiger partial charge in [0.25, 0.3) is 15.9 Å². The van der Waals surface area contributed by atoms with Crippen LogP contribution in [0.2, 0.25) is 0 Å². The molecule has 0 aliphatic carbocycles. The molecular weight excluding hydrogens is 458 g/mol. The van der Waals surface area contributed by atoms with Crippen molar-refractivity contribution in [2.45, 2.75) is 42.9 Å². The van der Waals surface area contributed by atoms with Gasteiger partial charge in [0.15, 0.2) is 0 Å². The lowest BCUT2D eigenvalue weighted by molar-refractivity contribution is 0.0731. The first-order valence-electron chi connectivity index (χ1n) is 11.8. The van der Waals surface area contributed by atoms with Crippen LogP contribution in [0.5, 0.6) is 0 Å². The first-order chi connectivity index (χ1) is 15.9. The van der Waals surface area contributed by atoms with Gasteiger partial charge in [0, 0.05) is 42.7 Å². The summed E-state index contributed by atoms with van der Waals surface area (Å²) < 4.78 is 32.8. The lowest BCUT2D eigenvalue weighted by atomic mass is 10.0. The molecule has 1 N–H and O–H groups in total. The molecule has 2 aromatic rings. The molecule has 1 aromatic heterocycles. The number of ether oxygens (including phenoxy) is 1. The van der Waals surface area contributed by atoms with Crippen LogP contribution in [-0.2, 0) is 14.8 Å². The summed E-state index contributed by atoms with van der Waals surface area (Å²) in [7, 11) is -3.49. The van der Waals surface area contributed by atoms with Crippen molar-refractivity contribution in [1.29, 1.82) is 0 Å². The number of carbonyl (C=O) groups excluding carboxylic acids is 1. The average Bonchev–Trinajstić information content (AvgIpc) is 3.35. The summed E-state index contributed by atoms with van der Waals surface area (Å²) >= 11 is 1.26. The zero-order chi connectivity index (χ0) is 23.3. The molecule has 0 bridgehead atoms. The third-order valence-corrected chi connectivity index (χ3v) is 9.93. The normalized spacial score (nSPS) is 20.6. The van der Waals surface area contributed by atoms with E-state index >= 15 is 0 Å². The van der Waals surface area contributed by atoms with E-state index < -0.39 is 10.0 Å². The monoisotopic (exact) mass is 491 g/mol. The van der Waals surface area contributed by atoms with E-state index in [1.54, 1.807) is 18.2 Å². The highest BCUT2D eigenvalue weighted by Crippen LogP contribution is 2.32. The minimum atomic E-state index is -3.49. The fourth-order valence-corrected chi connectivity index (χ4v) is 7.26. The van der Waals surface area contributed by atoms with E-state index in [-0.39, 0.29) is 5.91 Å². The maximum atomic E-state index is 12.8. The molecule has 3 heterocycles. The van der Waals surface area contributed by atoms with Crippen LogP contribution in [-0.4, -0.2) is 75.5 Å². The van der Waals surface area contributed by atoms with Gasteiger partial charge in [-0.3, -0.25) is 4.79 Å². The Balaban J connectivity index is 1.30. The Bertz CT molecular complexity index is 1030. The number of piperidine rings is 1. The topological polar surface area (TPSA) is 79.0 Å². The van der Waals surface area contributed by atoms with Crippen molar-refractivity contribution in [3.8, 4) is 10.4 Å². The third kappa shape index (κ3) is 6.02. The van der Waals surface area contributed by atoms with E-state index in [0.717, 1.165) is 30.0 Å². The number of morpholine rings is 1. The van der Waals surface area contributed by atoms with Gasteiger partial charge in [-0.15, -0.1) is 11.3 Å². The highest BCUT2D eigenvalue weighted by Gasteiger charge is 2.28. The molecule has 0 spiro atoms. The molecule has 4 rings (SSSR count). The van der Waals surface area contributed by atoms with Crippen LogP contribution in [0.25, 0.3) is 10.4 Å². The molecule has 0 saturated carbocycles. The second-order valence-electron chi connectivity index (χ2n) is 8.70. The highest BCUT2D eigenvalue weighted by atomic mass is 32.2. The van der Waals surface area contributed by atoms with Crippen molar-refractivity contribution in [1.82, 2.24) is 14.5 Å². The first-order valence-corrected chi connectivity index (χ1v) is 14.0. The zero-order valence-corrected chi connectivity index (χ0v) is 20.8. The fourth-order valence-electron chi connectivity index (χ4n) is 4.39. The fraction of sp³-hybridized carbons (Fsp3) is 0.542. The number of nitrogens with zero attached hydrogens (tertiary/aromatic N) is 2. The Morgan fingerprint density at radius 2 is 1.85 bits per heavy atom. The largest absolute Gasteiger partial charge is 0.379 e. The number of benzene rings is 1. The minimum absolute atomic E-state index is 0.0741. The van der Waals surface area contributed by atoms with Crippen LogP contribution in [0.3, 0.4) is 0 Å². The first kappa shape index (κ1) is 24.3. The molecule has 2 fully saturated rings. The smallest absolute Gasteiger partial charge is 0.252 e. The number of sulfonamides is 1. The number of likely N-dealkylation sites (tertiary alicyclic amines) is 1. The van der Waals surface area contributed by atoms with Crippen LogP contribution in [0.1, 0.15) is 43.0 Å². The molecule has 7 nitrogen and oxygen atoms in total. The van der Waals surface area contributed by atoms with E-state index in [4.69, 9.17) is 4.74 Å². The summed E-state index contributed by atoms with van der Waals surface area (Å²) in [6.07, 6.45) is 4.81. The van der Waals surface area contributed by atoms with Crippen LogP contribution >= 0.6 is 11.3 Å². The van der Waals surface area contributed by atoms with Crippen molar-refractivity contribution in [3.05, 3.63) is 42.0 Å². The molecule has 33 heavy (non-hydrogen) atoms. The molecule has 180 valence electrons. The van der Waals surface area contributed by atoms with E-state index in [9.17, 15) is 13.2 Å². The Labute approximate surface area is 200 Å². The summed E-state index contributed by atoms with van der Waals surface area (Å²) in [5.41, 5.74) is 1.52. The van der Waals surface area contributed by atoms with Gasteiger partial charge in [0.1, 0.15) is 4.21 Å². The Kier molecular flexibility index (Phi) is 8.19. The molecule has 0 unspecified atom stereocenters. The van der Waals surface area contributed by atoms with Gasteiger partial charge in [0.05, 0.1) is 13.2 Å². The number of thiophene rings is 1. The Morgan fingerprint density at radius 1 is 1.09 bits per heavy atom. The zero-order valence-electron chi connectivity index (χ0n) is 19.2. The number of carbonyl (C=O) groups is 1. The van der Waals surface area contributed by atoms with Gasteiger partial charge in [-0.1, -0.05) is 18.6 Å². The van der Waals surface area contributed by atoms with Crippen LogP contribution in [0.4, 0.5) is 0 Å². The van der Waals surface area contributed by atoms with E-state index in [1.165, 1.54) is 34.9 Å². The van der Waals surface area contributed by atoms with Crippen LogP contribution < -0.4 is 5.32 Å².